The number of aromatic nitrogens is 5. The van der Waals surface area contributed by atoms with Crippen LogP contribution in [0.3, 0.4) is 0 Å². The van der Waals surface area contributed by atoms with Crippen LogP contribution in [0.25, 0.3) is 10.9 Å². The lowest BCUT2D eigenvalue weighted by Crippen LogP contribution is -2.35. The number of tetrazole rings is 1. The van der Waals surface area contributed by atoms with Crippen LogP contribution in [-0.2, 0) is 24.4 Å². The Morgan fingerprint density at radius 2 is 1.74 bits per heavy atom. The molecular formula is C29H29ClN6O2. The van der Waals surface area contributed by atoms with Gasteiger partial charge in [0.1, 0.15) is 6.04 Å². The minimum absolute atomic E-state index is 0.174. The molecule has 0 aliphatic heterocycles. The zero-order valence-corrected chi connectivity index (χ0v) is 22.1. The number of nitrogens with zero attached hydrogens (tertiary/aromatic N) is 5. The first-order valence-corrected chi connectivity index (χ1v) is 12.8. The molecule has 38 heavy (non-hydrogen) atoms. The summed E-state index contributed by atoms with van der Waals surface area (Å²) >= 11 is 6.18. The third-order valence-electron chi connectivity index (χ3n) is 6.62. The van der Waals surface area contributed by atoms with Gasteiger partial charge in [0.2, 0.25) is 0 Å². The molecule has 0 spiro atoms. The van der Waals surface area contributed by atoms with Gasteiger partial charge in [-0.15, -0.1) is 5.10 Å². The highest BCUT2D eigenvalue weighted by Crippen LogP contribution is 2.30. The molecule has 0 aliphatic carbocycles. The second-order valence-corrected chi connectivity index (χ2v) is 9.70. The van der Waals surface area contributed by atoms with Gasteiger partial charge in [-0.3, -0.25) is 9.69 Å². The Hall–Kier alpha value is -3.85. The van der Waals surface area contributed by atoms with Crippen molar-refractivity contribution in [3.63, 3.8) is 0 Å². The Kier molecular flexibility index (Phi) is 7.93. The summed E-state index contributed by atoms with van der Waals surface area (Å²) in [6.45, 7) is 3.99. The molecule has 8 nitrogen and oxygen atoms in total. The van der Waals surface area contributed by atoms with Crippen molar-refractivity contribution in [1.82, 2.24) is 30.1 Å². The second-order valence-electron chi connectivity index (χ2n) is 9.27. The molecule has 0 radical (unpaired) electrons. The lowest BCUT2D eigenvalue weighted by molar-refractivity contribution is 0.169. The van der Waals surface area contributed by atoms with E-state index in [-0.39, 0.29) is 5.56 Å². The van der Waals surface area contributed by atoms with Crippen LogP contribution in [0.2, 0.25) is 5.02 Å². The molecule has 1 N–H and O–H groups in total. The van der Waals surface area contributed by atoms with E-state index in [4.69, 9.17) is 16.3 Å². The van der Waals surface area contributed by atoms with Crippen molar-refractivity contribution in [1.29, 1.82) is 0 Å². The number of hydrogen-bond donors (Lipinski definition) is 1. The number of hydrogen-bond acceptors (Lipinski definition) is 6. The maximum absolute atomic E-state index is 13.7. The average molecular weight is 529 g/mol. The SMILES string of the molecule is COCCn1nnnc1[C@H](c1cc2cccc(C)c2[nH]c1=O)N(Cc1ccccc1)Cc1ccc(Cl)cc1. The first-order valence-electron chi connectivity index (χ1n) is 12.4. The van der Waals surface area contributed by atoms with Gasteiger partial charge in [-0.1, -0.05) is 72.3 Å². The van der Waals surface area contributed by atoms with E-state index in [9.17, 15) is 4.79 Å². The van der Waals surface area contributed by atoms with E-state index in [0.29, 0.717) is 42.7 Å². The van der Waals surface area contributed by atoms with E-state index in [1.165, 1.54) is 0 Å². The number of rotatable bonds is 10. The highest BCUT2D eigenvalue weighted by atomic mass is 35.5. The fraction of sp³-hybridized carbons (Fsp3) is 0.241. The monoisotopic (exact) mass is 528 g/mol. The summed E-state index contributed by atoms with van der Waals surface area (Å²) in [5, 5.41) is 14.3. The second kappa shape index (κ2) is 11.7. The molecular weight excluding hydrogens is 500 g/mol. The summed E-state index contributed by atoms with van der Waals surface area (Å²) in [7, 11) is 1.64. The first kappa shape index (κ1) is 25.8. The molecule has 0 saturated heterocycles. The summed E-state index contributed by atoms with van der Waals surface area (Å²) in [4.78, 5) is 19.0. The van der Waals surface area contributed by atoms with Gasteiger partial charge < -0.3 is 9.72 Å². The van der Waals surface area contributed by atoms with Gasteiger partial charge in [-0.05, 0) is 57.6 Å². The normalized spacial score (nSPS) is 12.3. The topological polar surface area (TPSA) is 88.9 Å². The van der Waals surface area contributed by atoms with Gasteiger partial charge in [0.15, 0.2) is 5.82 Å². The molecule has 0 fully saturated rings. The minimum atomic E-state index is -0.536. The molecule has 5 rings (SSSR count). The number of H-pyrrole nitrogens is 1. The van der Waals surface area contributed by atoms with E-state index in [1.807, 2.05) is 73.7 Å². The lowest BCUT2D eigenvalue weighted by Gasteiger charge is -2.31. The number of aromatic amines is 1. The first-order chi connectivity index (χ1) is 18.5. The summed E-state index contributed by atoms with van der Waals surface area (Å²) in [5.41, 5.74) is 4.39. The van der Waals surface area contributed by atoms with Crippen molar-refractivity contribution in [3.05, 3.63) is 122 Å². The molecule has 0 bridgehead atoms. The Morgan fingerprint density at radius 3 is 2.47 bits per heavy atom. The number of halogens is 1. The molecule has 9 heteroatoms. The fourth-order valence-corrected chi connectivity index (χ4v) is 4.85. The number of nitrogens with one attached hydrogen (secondary N) is 1. The van der Waals surface area contributed by atoms with E-state index < -0.39 is 6.04 Å². The maximum Gasteiger partial charge on any atom is 0.253 e. The van der Waals surface area contributed by atoms with Crippen LogP contribution in [0.15, 0.2) is 83.7 Å². The molecule has 5 aromatic rings. The van der Waals surface area contributed by atoms with Gasteiger partial charge in [-0.2, -0.15) is 0 Å². The third kappa shape index (κ3) is 5.67. The number of methoxy groups -OCH3 is 1. The van der Waals surface area contributed by atoms with E-state index in [1.54, 1.807) is 11.8 Å². The lowest BCUT2D eigenvalue weighted by atomic mass is 10.0. The number of fused-ring (bicyclic) bond motifs is 1. The molecule has 0 aliphatic rings. The van der Waals surface area contributed by atoms with Crippen molar-refractivity contribution in [2.45, 2.75) is 32.6 Å². The van der Waals surface area contributed by atoms with Crippen LogP contribution >= 0.6 is 11.6 Å². The number of pyridine rings is 1. The van der Waals surface area contributed by atoms with Crippen LogP contribution in [0.5, 0.6) is 0 Å². The average Bonchev–Trinajstić information content (AvgIpc) is 3.38. The molecule has 2 aromatic heterocycles. The predicted molar refractivity (Wildman–Crippen MR) is 148 cm³/mol. The molecule has 0 amide bonds. The number of para-hydroxylation sites is 1. The smallest absolute Gasteiger partial charge is 0.253 e. The van der Waals surface area contributed by atoms with Gasteiger partial charge >= 0.3 is 0 Å². The van der Waals surface area contributed by atoms with Crippen molar-refractivity contribution in [3.8, 4) is 0 Å². The van der Waals surface area contributed by atoms with Crippen molar-refractivity contribution >= 4 is 22.5 Å². The molecule has 194 valence electrons. The Bertz CT molecular complexity index is 1570. The van der Waals surface area contributed by atoms with Crippen molar-refractivity contribution in [2.75, 3.05) is 13.7 Å². The van der Waals surface area contributed by atoms with Crippen LogP contribution in [0, 0.1) is 6.92 Å². The molecule has 2 heterocycles. The Labute approximate surface area is 225 Å². The summed E-state index contributed by atoms with van der Waals surface area (Å²) in [5.74, 6) is 0.574. The Morgan fingerprint density at radius 1 is 1.00 bits per heavy atom. The predicted octanol–water partition coefficient (Wildman–Crippen LogP) is 4.91. The maximum atomic E-state index is 13.7. The summed E-state index contributed by atoms with van der Waals surface area (Å²) < 4.78 is 7.02. The van der Waals surface area contributed by atoms with E-state index >= 15 is 0 Å². The summed E-state index contributed by atoms with van der Waals surface area (Å²) in [6.07, 6.45) is 0. The number of benzene rings is 3. The molecule has 3 aromatic carbocycles. The third-order valence-corrected chi connectivity index (χ3v) is 6.87. The zero-order valence-electron chi connectivity index (χ0n) is 21.3. The number of aryl methyl sites for hydroxylation is 1. The molecule has 1 atom stereocenters. The van der Waals surface area contributed by atoms with Gasteiger partial charge in [0, 0.05) is 30.8 Å². The molecule has 0 unspecified atom stereocenters. The van der Waals surface area contributed by atoms with Crippen LogP contribution in [-0.4, -0.2) is 43.8 Å². The van der Waals surface area contributed by atoms with Crippen molar-refractivity contribution in [2.24, 2.45) is 0 Å². The summed E-state index contributed by atoms with van der Waals surface area (Å²) in [6, 6.07) is 25.3. The van der Waals surface area contributed by atoms with Gasteiger partial charge in [0.05, 0.1) is 18.7 Å². The van der Waals surface area contributed by atoms with Gasteiger partial charge in [0.25, 0.3) is 5.56 Å². The zero-order chi connectivity index (χ0) is 26.5. The van der Waals surface area contributed by atoms with Crippen LogP contribution in [0.4, 0.5) is 0 Å². The Balaban J connectivity index is 1.69. The van der Waals surface area contributed by atoms with Crippen LogP contribution in [0.1, 0.15) is 34.1 Å². The standard InChI is InChI=1S/C29H29ClN6O2/c1-20-7-6-10-23-17-25(29(37)31-26(20)23)27(28-32-33-34-36(28)15-16-38-2)35(18-21-8-4-3-5-9-21)19-22-11-13-24(30)14-12-22/h3-14,17,27H,15-16,18-19H2,1-2H3,(H,31,37)/t27-/m0/s1. The fourth-order valence-electron chi connectivity index (χ4n) is 4.73. The van der Waals surface area contributed by atoms with Gasteiger partial charge in [-0.25, -0.2) is 4.68 Å². The molecule has 0 saturated carbocycles. The number of ether oxygens (including phenoxy) is 1. The highest BCUT2D eigenvalue weighted by molar-refractivity contribution is 6.30. The van der Waals surface area contributed by atoms with E-state index in [2.05, 4.69) is 37.5 Å². The van der Waals surface area contributed by atoms with E-state index in [0.717, 1.165) is 27.6 Å². The highest BCUT2D eigenvalue weighted by Gasteiger charge is 2.31. The van der Waals surface area contributed by atoms with Crippen LogP contribution < -0.4 is 5.56 Å². The van der Waals surface area contributed by atoms with Crippen molar-refractivity contribution < 1.29 is 4.74 Å². The largest absolute Gasteiger partial charge is 0.383 e. The quantitative estimate of drug-likeness (QED) is 0.277. The minimum Gasteiger partial charge on any atom is -0.383 e.